The number of piperazine rings is 1. The van der Waals surface area contributed by atoms with Gasteiger partial charge < -0.3 is 14.9 Å². The van der Waals surface area contributed by atoms with Gasteiger partial charge in [-0.2, -0.15) is 0 Å². The molecule has 0 aliphatic carbocycles. The van der Waals surface area contributed by atoms with Gasteiger partial charge in [-0.15, -0.1) is 0 Å². The zero-order chi connectivity index (χ0) is 14.7. The van der Waals surface area contributed by atoms with E-state index in [1.165, 1.54) is 5.69 Å². The maximum atomic E-state index is 10.9. The van der Waals surface area contributed by atoms with Crippen molar-refractivity contribution in [1.82, 2.24) is 4.98 Å². The number of aromatic nitrogens is 1. The third-order valence-corrected chi connectivity index (χ3v) is 3.79. The van der Waals surface area contributed by atoms with Crippen molar-refractivity contribution in [1.29, 1.82) is 0 Å². The Hall–Kier alpha value is -2.56. The molecule has 0 spiro atoms. The number of benzene rings is 1. The Morgan fingerprint density at radius 2 is 1.33 bits per heavy atom. The maximum absolute atomic E-state index is 10.9. The number of pyridine rings is 1. The first-order valence-corrected chi connectivity index (χ1v) is 6.97. The topological polar surface area (TPSA) is 56.7 Å². The molecule has 1 aliphatic heterocycles. The number of nitrogens with zero attached hydrogens (tertiary/aromatic N) is 3. The molecule has 0 bridgehead atoms. The van der Waals surface area contributed by atoms with Crippen LogP contribution in [0.2, 0.25) is 0 Å². The van der Waals surface area contributed by atoms with E-state index in [-0.39, 0.29) is 0 Å². The quantitative estimate of drug-likeness (QED) is 0.935. The van der Waals surface area contributed by atoms with Gasteiger partial charge in [-0.25, -0.2) is 4.79 Å². The van der Waals surface area contributed by atoms with Crippen molar-refractivity contribution in [3.63, 3.8) is 0 Å². The number of aromatic carboxylic acids is 1. The summed E-state index contributed by atoms with van der Waals surface area (Å²) in [6, 6.07) is 11.1. The second kappa shape index (κ2) is 5.83. The third-order valence-electron chi connectivity index (χ3n) is 3.79. The van der Waals surface area contributed by atoms with Gasteiger partial charge in [-0.05, 0) is 36.4 Å². The standard InChI is InChI=1S/C16H17N3O2/c20-16(21)13-1-3-14(4-2-13)18-9-11-19(12-10-18)15-5-7-17-8-6-15/h1-8H,9-12H2,(H,20,21). The van der Waals surface area contributed by atoms with Gasteiger partial charge in [0.2, 0.25) is 0 Å². The van der Waals surface area contributed by atoms with Gasteiger partial charge in [-0.1, -0.05) is 0 Å². The number of carboxylic acid groups (broad SMARTS) is 1. The molecule has 1 saturated heterocycles. The van der Waals surface area contributed by atoms with Crippen molar-refractivity contribution in [3.05, 3.63) is 54.4 Å². The minimum Gasteiger partial charge on any atom is -0.478 e. The Morgan fingerprint density at radius 3 is 1.81 bits per heavy atom. The number of hydrogen-bond acceptors (Lipinski definition) is 4. The SMILES string of the molecule is O=C(O)c1ccc(N2CCN(c3ccncc3)CC2)cc1. The lowest BCUT2D eigenvalue weighted by Gasteiger charge is -2.37. The second-order valence-electron chi connectivity index (χ2n) is 5.03. The average Bonchev–Trinajstić information content (AvgIpc) is 2.56. The summed E-state index contributed by atoms with van der Waals surface area (Å²) >= 11 is 0. The zero-order valence-corrected chi connectivity index (χ0v) is 11.6. The lowest BCUT2D eigenvalue weighted by Crippen LogP contribution is -2.46. The zero-order valence-electron chi connectivity index (χ0n) is 11.6. The first kappa shape index (κ1) is 13.4. The largest absolute Gasteiger partial charge is 0.478 e. The molecule has 5 heteroatoms. The third kappa shape index (κ3) is 2.97. The van der Waals surface area contributed by atoms with Crippen LogP contribution < -0.4 is 9.80 Å². The Kier molecular flexibility index (Phi) is 3.73. The van der Waals surface area contributed by atoms with Crippen LogP contribution in [0.15, 0.2) is 48.8 Å². The molecule has 1 aromatic heterocycles. The molecule has 0 radical (unpaired) electrons. The molecule has 0 amide bonds. The molecule has 0 saturated carbocycles. The first-order valence-electron chi connectivity index (χ1n) is 6.97. The highest BCUT2D eigenvalue weighted by Crippen LogP contribution is 2.20. The maximum Gasteiger partial charge on any atom is 0.335 e. The summed E-state index contributed by atoms with van der Waals surface area (Å²) in [4.78, 5) is 19.5. The molecule has 2 aromatic rings. The van der Waals surface area contributed by atoms with Gasteiger partial charge in [0.1, 0.15) is 0 Å². The van der Waals surface area contributed by atoms with Crippen molar-refractivity contribution in [2.75, 3.05) is 36.0 Å². The molecule has 0 atom stereocenters. The summed E-state index contributed by atoms with van der Waals surface area (Å²) < 4.78 is 0. The summed E-state index contributed by atoms with van der Waals surface area (Å²) in [6.45, 7) is 3.75. The highest BCUT2D eigenvalue weighted by Gasteiger charge is 2.17. The summed E-state index contributed by atoms with van der Waals surface area (Å²) in [5, 5.41) is 8.92. The van der Waals surface area contributed by atoms with Gasteiger partial charge >= 0.3 is 5.97 Å². The van der Waals surface area contributed by atoms with Crippen molar-refractivity contribution in [3.8, 4) is 0 Å². The summed E-state index contributed by atoms with van der Waals surface area (Å²) in [5.41, 5.74) is 2.61. The molecule has 1 fully saturated rings. The minimum absolute atomic E-state index is 0.328. The number of rotatable bonds is 3. The van der Waals surface area contributed by atoms with E-state index in [9.17, 15) is 4.79 Å². The van der Waals surface area contributed by atoms with Crippen LogP contribution in [0, 0.1) is 0 Å². The number of anilines is 2. The van der Waals surface area contributed by atoms with E-state index in [0.717, 1.165) is 31.9 Å². The van der Waals surface area contributed by atoms with Crippen LogP contribution in [-0.4, -0.2) is 42.2 Å². The monoisotopic (exact) mass is 283 g/mol. The molecule has 1 aromatic carbocycles. The molecule has 1 aliphatic rings. The highest BCUT2D eigenvalue weighted by molar-refractivity contribution is 5.88. The predicted octanol–water partition coefficient (Wildman–Crippen LogP) is 2.11. The molecule has 1 N–H and O–H groups in total. The van der Waals surface area contributed by atoms with Crippen LogP contribution in [0.4, 0.5) is 11.4 Å². The van der Waals surface area contributed by atoms with Crippen LogP contribution in [0.3, 0.4) is 0 Å². The molecule has 108 valence electrons. The molecule has 2 heterocycles. The van der Waals surface area contributed by atoms with Crippen molar-refractivity contribution >= 4 is 17.3 Å². The smallest absolute Gasteiger partial charge is 0.335 e. The minimum atomic E-state index is -0.885. The Bertz CT molecular complexity index is 605. The highest BCUT2D eigenvalue weighted by atomic mass is 16.4. The number of carboxylic acids is 1. The Morgan fingerprint density at radius 1 is 0.857 bits per heavy atom. The fourth-order valence-electron chi connectivity index (χ4n) is 2.59. The van der Waals surface area contributed by atoms with Gasteiger partial charge in [0, 0.05) is 49.9 Å². The van der Waals surface area contributed by atoms with E-state index in [0.29, 0.717) is 5.56 Å². The van der Waals surface area contributed by atoms with Crippen LogP contribution >= 0.6 is 0 Å². The molecule has 21 heavy (non-hydrogen) atoms. The van der Waals surface area contributed by atoms with E-state index in [4.69, 9.17) is 5.11 Å². The van der Waals surface area contributed by atoms with E-state index < -0.39 is 5.97 Å². The van der Waals surface area contributed by atoms with Gasteiger partial charge in [0.15, 0.2) is 0 Å². The van der Waals surface area contributed by atoms with Crippen molar-refractivity contribution in [2.45, 2.75) is 0 Å². The summed E-state index contributed by atoms with van der Waals surface area (Å²) in [5.74, 6) is -0.885. The van der Waals surface area contributed by atoms with E-state index >= 15 is 0 Å². The Balaban J connectivity index is 1.64. The molecular formula is C16H17N3O2. The van der Waals surface area contributed by atoms with E-state index in [2.05, 4.69) is 14.8 Å². The fourth-order valence-corrected chi connectivity index (χ4v) is 2.59. The molecule has 3 rings (SSSR count). The van der Waals surface area contributed by atoms with Crippen molar-refractivity contribution in [2.24, 2.45) is 0 Å². The number of hydrogen-bond donors (Lipinski definition) is 1. The predicted molar refractivity (Wildman–Crippen MR) is 82.1 cm³/mol. The normalized spacial score (nSPS) is 15.0. The van der Waals surface area contributed by atoms with Crippen LogP contribution in [0.5, 0.6) is 0 Å². The molecule has 0 unspecified atom stereocenters. The average molecular weight is 283 g/mol. The Labute approximate surface area is 123 Å². The van der Waals surface area contributed by atoms with Crippen LogP contribution in [0.1, 0.15) is 10.4 Å². The van der Waals surface area contributed by atoms with Crippen LogP contribution in [-0.2, 0) is 0 Å². The van der Waals surface area contributed by atoms with Crippen molar-refractivity contribution < 1.29 is 9.90 Å². The van der Waals surface area contributed by atoms with Gasteiger partial charge in [0.05, 0.1) is 5.56 Å². The summed E-state index contributed by atoms with van der Waals surface area (Å²) in [7, 11) is 0. The number of carbonyl (C=O) groups is 1. The first-order chi connectivity index (χ1) is 10.2. The lowest BCUT2D eigenvalue weighted by atomic mass is 10.2. The molecular weight excluding hydrogens is 266 g/mol. The van der Waals surface area contributed by atoms with Gasteiger partial charge in [0.25, 0.3) is 0 Å². The lowest BCUT2D eigenvalue weighted by molar-refractivity contribution is 0.0697. The second-order valence-corrected chi connectivity index (χ2v) is 5.03. The van der Waals surface area contributed by atoms with E-state index in [1.807, 2.05) is 36.7 Å². The van der Waals surface area contributed by atoms with E-state index in [1.54, 1.807) is 12.1 Å². The fraction of sp³-hybridized carbons (Fsp3) is 0.250. The summed E-state index contributed by atoms with van der Waals surface area (Å²) in [6.07, 6.45) is 3.62. The van der Waals surface area contributed by atoms with Gasteiger partial charge in [-0.3, -0.25) is 4.98 Å². The van der Waals surface area contributed by atoms with Crippen LogP contribution in [0.25, 0.3) is 0 Å². The molecule has 5 nitrogen and oxygen atoms in total.